The van der Waals surface area contributed by atoms with Crippen LogP contribution in [0.3, 0.4) is 0 Å². The molecular formula is C25H32N2O4S. The largest absolute Gasteiger partial charge is 0.491 e. The molecule has 0 unspecified atom stereocenters. The van der Waals surface area contributed by atoms with E-state index in [4.69, 9.17) is 9.47 Å². The van der Waals surface area contributed by atoms with Crippen LogP contribution in [0.15, 0.2) is 35.7 Å². The number of fused-ring (bicyclic) bond motifs is 1. The molecule has 0 radical (unpaired) electrons. The van der Waals surface area contributed by atoms with Crippen molar-refractivity contribution in [2.75, 3.05) is 33.4 Å². The summed E-state index contributed by atoms with van der Waals surface area (Å²) < 4.78 is 11.2. The zero-order valence-corrected chi connectivity index (χ0v) is 19.9. The number of hydrogen-bond donors (Lipinski definition) is 0. The standard InChI is InChI=1S/C25H32N2O4S/c1-17(2)18-4-8-20(9-5-18)31-15-22-21-11-13-32-23(21)10-12-26(22)24(28)14-27(19-6-7-19)25(29)16-30-3/h4-5,8-9,11,13,17,19,22H,6-7,10,12,14-16H2,1-3H3/t22-/m0/s1. The quantitative estimate of drug-likeness (QED) is 0.572. The van der Waals surface area contributed by atoms with Crippen LogP contribution < -0.4 is 4.74 Å². The van der Waals surface area contributed by atoms with Gasteiger partial charge in [0.05, 0.1) is 6.04 Å². The highest BCUT2D eigenvalue weighted by Gasteiger charge is 2.37. The Balaban J connectivity index is 1.47. The van der Waals surface area contributed by atoms with Crippen LogP contribution in [0, 0.1) is 0 Å². The zero-order valence-electron chi connectivity index (χ0n) is 19.1. The third kappa shape index (κ3) is 5.15. The fourth-order valence-corrected chi connectivity index (χ4v) is 5.18. The molecule has 4 rings (SSSR count). The van der Waals surface area contributed by atoms with Crippen LogP contribution in [0.4, 0.5) is 0 Å². The van der Waals surface area contributed by atoms with Crippen LogP contribution in [0.25, 0.3) is 0 Å². The number of nitrogens with zero attached hydrogens (tertiary/aromatic N) is 2. The first kappa shape index (κ1) is 22.8. The van der Waals surface area contributed by atoms with Crippen LogP contribution in [0.1, 0.15) is 54.7 Å². The Labute approximate surface area is 194 Å². The molecule has 0 saturated heterocycles. The number of hydrogen-bond acceptors (Lipinski definition) is 5. The van der Waals surface area contributed by atoms with Gasteiger partial charge in [-0.25, -0.2) is 0 Å². The van der Waals surface area contributed by atoms with E-state index < -0.39 is 0 Å². The third-order valence-corrected chi connectivity index (χ3v) is 7.25. The number of benzene rings is 1. The maximum atomic E-state index is 13.4. The molecule has 172 valence electrons. The summed E-state index contributed by atoms with van der Waals surface area (Å²) in [5.41, 5.74) is 2.43. The van der Waals surface area contributed by atoms with E-state index in [0.29, 0.717) is 19.1 Å². The average Bonchev–Trinajstić information content (AvgIpc) is 3.51. The van der Waals surface area contributed by atoms with E-state index in [0.717, 1.165) is 30.6 Å². The predicted molar refractivity (Wildman–Crippen MR) is 125 cm³/mol. The lowest BCUT2D eigenvalue weighted by Gasteiger charge is -2.37. The summed E-state index contributed by atoms with van der Waals surface area (Å²) in [6.07, 6.45) is 2.75. The molecule has 7 heteroatoms. The molecule has 1 saturated carbocycles. The van der Waals surface area contributed by atoms with E-state index in [2.05, 4.69) is 37.4 Å². The van der Waals surface area contributed by atoms with Crippen molar-refractivity contribution < 1.29 is 19.1 Å². The molecular weight excluding hydrogens is 424 g/mol. The summed E-state index contributed by atoms with van der Waals surface area (Å²) in [7, 11) is 1.51. The number of carbonyl (C=O) groups excluding carboxylic acids is 2. The van der Waals surface area contributed by atoms with Gasteiger partial charge in [0, 0.05) is 24.6 Å². The van der Waals surface area contributed by atoms with Crippen LogP contribution in [0.2, 0.25) is 0 Å². The topological polar surface area (TPSA) is 59.1 Å². The highest BCUT2D eigenvalue weighted by Crippen LogP contribution is 2.35. The van der Waals surface area contributed by atoms with Crippen molar-refractivity contribution in [3.8, 4) is 5.75 Å². The van der Waals surface area contributed by atoms with E-state index >= 15 is 0 Å². The molecule has 1 aliphatic heterocycles. The fraction of sp³-hybridized carbons (Fsp3) is 0.520. The molecule has 0 bridgehead atoms. The second-order valence-corrected chi connectivity index (χ2v) is 9.87. The van der Waals surface area contributed by atoms with Crippen molar-refractivity contribution in [3.05, 3.63) is 51.7 Å². The van der Waals surface area contributed by atoms with Crippen molar-refractivity contribution in [2.24, 2.45) is 0 Å². The van der Waals surface area contributed by atoms with Crippen molar-refractivity contribution in [3.63, 3.8) is 0 Å². The summed E-state index contributed by atoms with van der Waals surface area (Å²) in [6, 6.07) is 10.3. The number of carbonyl (C=O) groups is 2. The van der Waals surface area contributed by atoms with Gasteiger partial charge in [0.2, 0.25) is 11.8 Å². The van der Waals surface area contributed by atoms with Crippen LogP contribution >= 0.6 is 11.3 Å². The molecule has 1 aromatic heterocycles. The summed E-state index contributed by atoms with van der Waals surface area (Å²) in [5, 5.41) is 2.09. The van der Waals surface area contributed by atoms with Crippen molar-refractivity contribution in [1.29, 1.82) is 0 Å². The molecule has 1 fully saturated rings. The van der Waals surface area contributed by atoms with Gasteiger partial charge in [-0.1, -0.05) is 26.0 Å². The summed E-state index contributed by atoms with van der Waals surface area (Å²) in [6.45, 7) is 5.49. The normalized spacial score (nSPS) is 17.9. The van der Waals surface area contributed by atoms with Crippen molar-refractivity contribution in [1.82, 2.24) is 9.80 Å². The average molecular weight is 457 g/mol. The van der Waals surface area contributed by atoms with Gasteiger partial charge in [0.25, 0.3) is 0 Å². The highest BCUT2D eigenvalue weighted by atomic mass is 32.1. The Morgan fingerprint density at radius 2 is 1.94 bits per heavy atom. The minimum absolute atomic E-state index is 0.0113. The molecule has 1 aliphatic carbocycles. The molecule has 2 heterocycles. The number of thiophene rings is 1. The van der Waals surface area contributed by atoms with Gasteiger partial charge in [-0.2, -0.15) is 0 Å². The minimum Gasteiger partial charge on any atom is -0.491 e. The summed E-state index contributed by atoms with van der Waals surface area (Å²) in [5.74, 6) is 1.13. The van der Waals surface area contributed by atoms with Gasteiger partial charge in [0.15, 0.2) is 0 Å². The Kier molecular flexibility index (Phi) is 7.16. The molecule has 0 spiro atoms. The molecule has 0 N–H and O–H groups in total. The van der Waals surface area contributed by atoms with Gasteiger partial charge in [0.1, 0.15) is 25.5 Å². The maximum absolute atomic E-state index is 13.4. The van der Waals surface area contributed by atoms with E-state index in [9.17, 15) is 9.59 Å². The van der Waals surface area contributed by atoms with Crippen LogP contribution in [-0.2, 0) is 20.7 Å². The number of rotatable bonds is 9. The predicted octanol–water partition coefficient (Wildman–Crippen LogP) is 4.01. The second kappa shape index (κ2) is 10.0. The molecule has 2 amide bonds. The van der Waals surface area contributed by atoms with Crippen molar-refractivity contribution in [2.45, 2.75) is 51.1 Å². The van der Waals surface area contributed by atoms with E-state index in [1.165, 1.54) is 17.6 Å². The Morgan fingerprint density at radius 1 is 1.19 bits per heavy atom. The fourth-order valence-electron chi connectivity index (χ4n) is 4.25. The molecule has 1 aromatic carbocycles. The smallest absolute Gasteiger partial charge is 0.249 e. The van der Waals surface area contributed by atoms with E-state index in [1.807, 2.05) is 17.0 Å². The summed E-state index contributed by atoms with van der Waals surface area (Å²) in [4.78, 5) is 30.7. The molecule has 2 aromatic rings. The van der Waals surface area contributed by atoms with Crippen molar-refractivity contribution >= 4 is 23.2 Å². The number of ether oxygens (including phenoxy) is 2. The molecule has 1 atom stereocenters. The monoisotopic (exact) mass is 456 g/mol. The minimum atomic E-state index is -0.152. The Bertz CT molecular complexity index is 936. The van der Waals surface area contributed by atoms with E-state index in [1.54, 1.807) is 16.2 Å². The lowest BCUT2D eigenvalue weighted by Crippen LogP contribution is -2.49. The van der Waals surface area contributed by atoms with Gasteiger partial charge >= 0.3 is 0 Å². The summed E-state index contributed by atoms with van der Waals surface area (Å²) >= 11 is 1.74. The lowest BCUT2D eigenvalue weighted by molar-refractivity contribution is -0.145. The first-order valence-electron chi connectivity index (χ1n) is 11.3. The van der Waals surface area contributed by atoms with Gasteiger partial charge in [-0.05, 0) is 59.9 Å². The molecule has 6 nitrogen and oxygen atoms in total. The Hall–Kier alpha value is -2.38. The number of amides is 2. The third-order valence-electron chi connectivity index (χ3n) is 6.25. The second-order valence-electron chi connectivity index (χ2n) is 8.87. The zero-order chi connectivity index (χ0) is 22.7. The van der Waals surface area contributed by atoms with Crippen LogP contribution in [0.5, 0.6) is 5.75 Å². The van der Waals surface area contributed by atoms with Gasteiger partial charge in [-0.15, -0.1) is 11.3 Å². The maximum Gasteiger partial charge on any atom is 0.249 e. The first-order valence-corrected chi connectivity index (χ1v) is 12.2. The Morgan fingerprint density at radius 3 is 2.59 bits per heavy atom. The molecule has 2 aliphatic rings. The first-order chi connectivity index (χ1) is 15.5. The molecule has 32 heavy (non-hydrogen) atoms. The van der Waals surface area contributed by atoms with Gasteiger partial charge < -0.3 is 19.3 Å². The SMILES string of the molecule is COCC(=O)N(CC(=O)N1CCc2sccc2[C@@H]1COc1ccc(C(C)C)cc1)C1CC1. The number of methoxy groups -OCH3 is 1. The highest BCUT2D eigenvalue weighted by molar-refractivity contribution is 7.10. The lowest BCUT2D eigenvalue weighted by atomic mass is 10.00. The van der Waals surface area contributed by atoms with Gasteiger partial charge in [-0.3, -0.25) is 9.59 Å². The van der Waals surface area contributed by atoms with Crippen LogP contribution in [-0.4, -0.2) is 61.1 Å². The van der Waals surface area contributed by atoms with E-state index in [-0.39, 0.29) is 37.0 Å².